The molecule has 0 aromatic heterocycles. The average molecular weight is 355 g/mol. The van der Waals surface area contributed by atoms with E-state index in [1.807, 2.05) is 0 Å². The highest BCUT2D eigenvalue weighted by atomic mass is 35.5. The number of benzene rings is 2. The monoisotopic (exact) mass is 354 g/mol. The van der Waals surface area contributed by atoms with Gasteiger partial charge in [0, 0.05) is 27.7 Å². The highest BCUT2D eigenvalue weighted by molar-refractivity contribution is 6.35. The topological polar surface area (TPSA) is 110 Å². The van der Waals surface area contributed by atoms with Gasteiger partial charge in [0.25, 0.3) is 11.6 Å². The highest BCUT2D eigenvalue weighted by Gasteiger charge is 2.18. The van der Waals surface area contributed by atoms with E-state index in [-0.39, 0.29) is 21.3 Å². The maximum Gasteiger partial charge on any atom is 0.338 e. The van der Waals surface area contributed by atoms with Gasteiger partial charge in [-0.25, -0.2) is 4.79 Å². The number of hydrogen-bond donors (Lipinski definition) is 2. The van der Waals surface area contributed by atoms with E-state index in [0.29, 0.717) is 0 Å². The molecule has 0 atom stereocenters. The molecule has 0 radical (unpaired) electrons. The van der Waals surface area contributed by atoms with Gasteiger partial charge in [0.05, 0.1) is 16.2 Å². The zero-order valence-electron chi connectivity index (χ0n) is 11.2. The summed E-state index contributed by atoms with van der Waals surface area (Å²) in [5, 5.41) is 22.7. The number of carboxylic acids is 1. The van der Waals surface area contributed by atoms with E-state index >= 15 is 0 Å². The first-order valence-corrected chi connectivity index (χ1v) is 6.82. The first-order valence-electron chi connectivity index (χ1n) is 6.07. The second-order valence-corrected chi connectivity index (χ2v) is 5.28. The van der Waals surface area contributed by atoms with Gasteiger partial charge in [-0.15, -0.1) is 0 Å². The molecule has 0 aliphatic heterocycles. The Bertz CT molecular complexity index is 803. The molecule has 0 heterocycles. The molecule has 2 aromatic carbocycles. The number of nitro groups is 1. The minimum absolute atomic E-state index is 0.0794. The lowest BCUT2D eigenvalue weighted by Gasteiger charge is -2.09. The first-order chi connectivity index (χ1) is 10.8. The van der Waals surface area contributed by atoms with Crippen molar-refractivity contribution in [3.8, 4) is 0 Å². The molecule has 0 fully saturated rings. The van der Waals surface area contributed by atoms with Crippen molar-refractivity contribution in [3.63, 3.8) is 0 Å². The number of halogens is 2. The Balaban J connectivity index is 2.37. The van der Waals surface area contributed by atoms with Crippen LogP contribution in [0.4, 0.5) is 11.4 Å². The number of nitrogens with zero attached hydrogens (tertiary/aromatic N) is 1. The quantitative estimate of drug-likeness (QED) is 0.639. The van der Waals surface area contributed by atoms with Gasteiger partial charge in [0.15, 0.2) is 0 Å². The van der Waals surface area contributed by atoms with Gasteiger partial charge in [-0.05, 0) is 24.3 Å². The van der Waals surface area contributed by atoms with Crippen molar-refractivity contribution in [3.05, 3.63) is 67.7 Å². The van der Waals surface area contributed by atoms with Crippen LogP contribution in [-0.4, -0.2) is 21.9 Å². The third-order valence-electron chi connectivity index (χ3n) is 2.82. The van der Waals surface area contributed by atoms with Crippen molar-refractivity contribution in [2.75, 3.05) is 5.32 Å². The predicted molar refractivity (Wildman–Crippen MR) is 84.5 cm³/mol. The van der Waals surface area contributed by atoms with Crippen molar-refractivity contribution in [2.45, 2.75) is 0 Å². The standard InChI is InChI=1S/C14H8Cl2N2O5/c15-8-3-7(4-9(16)5-8)13(19)17-12-2-1-10(18(22)23)6-11(12)14(20)21/h1-6H,(H,17,19)(H,20,21). The zero-order valence-corrected chi connectivity index (χ0v) is 12.8. The summed E-state index contributed by atoms with van der Waals surface area (Å²) in [7, 11) is 0. The van der Waals surface area contributed by atoms with E-state index in [4.69, 9.17) is 28.3 Å². The molecule has 0 aliphatic rings. The molecule has 9 heteroatoms. The van der Waals surface area contributed by atoms with Crippen molar-refractivity contribution in [1.82, 2.24) is 0 Å². The molecule has 0 saturated carbocycles. The fourth-order valence-corrected chi connectivity index (χ4v) is 2.34. The van der Waals surface area contributed by atoms with Crippen LogP contribution in [0, 0.1) is 10.1 Å². The zero-order chi connectivity index (χ0) is 17.1. The van der Waals surface area contributed by atoms with E-state index in [9.17, 15) is 19.7 Å². The normalized spacial score (nSPS) is 10.2. The Hall–Kier alpha value is -2.64. The predicted octanol–water partition coefficient (Wildman–Crippen LogP) is 3.85. The Morgan fingerprint density at radius 3 is 2.22 bits per heavy atom. The molecule has 23 heavy (non-hydrogen) atoms. The Kier molecular flexibility index (Phi) is 4.83. The number of rotatable bonds is 4. The molecule has 2 N–H and O–H groups in total. The van der Waals surface area contributed by atoms with Crippen molar-refractivity contribution >= 4 is 46.5 Å². The molecule has 7 nitrogen and oxygen atoms in total. The minimum Gasteiger partial charge on any atom is -0.478 e. The fraction of sp³-hybridized carbons (Fsp3) is 0. The summed E-state index contributed by atoms with van der Waals surface area (Å²) in [6.07, 6.45) is 0. The molecule has 118 valence electrons. The lowest BCUT2D eigenvalue weighted by atomic mass is 10.1. The van der Waals surface area contributed by atoms with E-state index in [2.05, 4.69) is 5.32 Å². The number of anilines is 1. The summed E-state index contributed by atoms with van der Waals surface area (Å²) in [6, 6.07) is 7.25. The average Bonchev–Trinajstić information content (AvgIpc) is 2.46. The van der Waals surface area contributed by atoms with Gasteiger partial charge in [-0.2, -0.15) is 0 Å². The highest BCUT2D eigenvalue weighted by Crippen LogP contribution is 2.24. The molecule has 2 aromatic rings. The van der Waals surface area contributed by atoms with Crippen LogP contribution in [0.25, 0.3) is 0 Å². The largest absolute Gasteiger partial charge is 0.478 e. The van der Waals surface area contributed by atoms with Crippen LogP contribution in [-0.2, 0) is 0 Å². The van der Waals surface area contributed by atoms with Crippen LogP contribution in [0.15, 0.2) is 36.4 Å². The Labute approximate surface area is 139 Å². The molecular formula is C14H8Cl2N2O5. The number of nitro benzene ring substituents is 1. The van der Waals surface area contributed by atoms with E-state index in [1.165, 1.54) is 18.2 Å². The van der Waals surface area contributed by atoms with Crippen LogP contribution in [0.3, 0.4) is 0 Å². The third-order valence-corrected chi connectivity index (χ3v) is 3.25. The number of carboxylic acid groups (broad SMARTS) is 1. The van der Waals surface area contributed by atoms with Crippen LogP contribution >= 0.6 is 23.2 Å². The Morgan fingerprint density at radius 2 is 1.70 bits per heavy atom. The molecule has 2 rings (SSSR count). The lowest BCUT2D eigenvalue weighted by molar-refractivity contribution is -0.384. The van der Waals surface area contributed by atoms with Crippen LogP contribution < -0.4 is 5.32 Å². The van der Waals surface area contributed by atoms with Gasteiger partial charge in [0.1, 0.15) is 0 Å². The number of amides is 1. The van der Waals surface area contributed by atoms with Gasteiger partial charge >= 0.3 is 5.97 Å². The lowest BCUT2D eigenvalue weighted by Crippen LogP contribution is -2.15. The molecule has 0 spiro atoms. The summed E-state index contributed by atoms with van der Waals surface area (Å²) >= 11 is 11.6. The van der Waals surface area contributed by atoms with Gasteiger partial charge in [0.2, 0.25) is 0 Å². The second kappa shape index (κ2) is 6.64. The van der Waals surface area contributed by atoms with E-state index < -0.39 is 28.1 Å². The smallest absolute Gasteiger partial charge is 0.338 e. The van der Waals surface area contributed by atoms with Gasteiger partial charge < -0.3 is 10.4 Å². The molecule has 0 bridgehead atoms. The van der Waals surface area contributed by atoms with Crippen molar-refractivity contribution in [2.24, 2.45) is 0 Å². The summed E-state index contributed by atoms with van der Waals surface area (Å²) in [6.45, 7) is 0. The van der Waals surface area contributed by atoms with Crippen LogP contribution in [0.1, 0.15) is 20.7 Å². The maximum absolute atomic E-state index is 12.2. The second-order valence-electron chi connectivity index (χ2n) is 4.40. The number of carbonyl (C=O) groups excluding carboxylic acids is 1. The van der Waals surface area contributed by atoms with E-state index in [0.717, 1.165) is 18.2 Å². The number of nitrogens with one attached hydrogen (secondary N) is 1. The number of carbonyl (C=O) groups is 2. The SMILES string of the molecule is O=C(Nc1ccc([N+](=O)[O-])cc1C(=O)O)c1cc(Cl)cc(Cl)c1. The minimum atomic E-state index is -1.41. The summed E-state index contributed by atoms with van der Waals surface area (Å²) in [4.78, 5) is 33.3. The summed E-state index contributed by atoms with van der Waals surface area (Å²) in [5.41, 5.74) is -0.756. The van der Waals surface area contributed by atoms with E-state index in [1.54, 1.807) is 0 Å². The first kappa shape index (κ1) is 16.7. The van der Waals surface area contributed by atoms with Crippen molar-refractivity contribution in [1.29, 1.82) is 0 Å². The van der Waals surface area contributed by atoms with Crippen LogP contribution in [0.2, 0.25) is 10.0 Å². The number of non-ortho nitro benzene ring substituents is 1. The van der Waals surface area contributed by atoms with Crippen LogP contribution in [0.5, 0.6) is 0 Å². The number of aromatic carboxylic acids is 1. The molecule has 0 saturated heterocycles. The summed E-state index contributed by atoms with van der Waals surface area (Å²) < 4.78 is 0. The fourth-order valence-electron chi connectivity index (χ4n) is 1.81. The van der Waals surface area contributed by atoms with Gasteiger partial charge in [-0.3, -0.25) is 14.9 Å². The summed E-state index contributed by atoms with van der Waals surface area (Å²) in [5.74, 6) is -2.06. The molecule has 1 amide bonds. The Morgan fingerprint density at radius 1 is 1.09 bits per heavy atom. The molecule has 0 unspecified atom stereocenters. The third kappa shape index (κ3) is 3.97. The molecule has 0 aliphatic carbocycles. The maximum atomic E-state index is 12.2. The van der Waals surface area contributed by atoms with Crippen molar-refractivity contribution < 1.29 is 19.6 Å². The van der Waals surface area contributed by atoms with Gasteiger partial charge in [-0.1, -0.05) is 23.2 Å². The molecular weight excluding hydrogens is 347 g/mol. The number of hydrogen-bond acceptors (Lipinski definition) is 4.